The summed E-state index contributed by atoms with van der Waals surface area (Å²) in [5.41, 5.74) is 8.37. The Morgan fingerprint density at radius 3 is 1.80 bits per heavy atom. The van der Waals surface area contributed by atoms with Gasteiger partial charge in [0.2, 0.25) is 5.91 Å². The van der Waals surface area contributed by atoms with Gasteiger partial charge in [-0.25, -0.2) is 0 Å². The monoisotopic (exact) mass is 953 g/mol. The number of carbonyl (C=O) groups is 3. The predicted octanol–water partition coefficient (Wildman–Crippen LogP) is 7.82. The first kappa shape index (κ1) is 48.1. The molecule has 3 N–H and O–H groups in total. The number of hydrogen-bond donors (Lipinski definition) is 3. The van der Waals surface area contributed by atoms with Crippen molar-refractivity contribution in [3.63, 3.8) is 0 Å². The Balaban J connectivity index is 2.02. The van der Waals surface area contributed by atoms with Gasteiger partial charge in [-0.3, -0.25) is 25.2 Å². The fraction of sp³-hybridized carbons (Fsp3) is 0.525. The molecule has 0 unspecified atom stereocenters. The molecule has 6 atom stereocenters. The molecular formula is C40H61Br2N3O8Si3. The molecule has 1 aliphatic rings. The molecule has 0 saturated heterocycles. The van der Waals surface area contributed by atoms with Gasteiger partial charge in [-0.1, -0.05) is 98.6 Å². The lowest BCUT2D eigenvalue weighted by Crippen LogP contribution is -2.63. The van der Waals surface area contributed by atoms with Crippen LogP contribution in [0.3, 0.4) is 0 Å². The summed E-state index contributed by atoms with van der Waals surface area (Å²) >= 11 is 6.60. The summed E-state index contributed by atoms with van der Waals surface area (Å²) in [6.45, 7) is 18.5. The summed E-state index contributed by atoms with van der Waals surface area (Å²) in [5.74, 6) is -1.43. The van der Waals surface area contributed by atoms with Gasteiger partial charge in [0.25, 0.3) is 11.8 Å². The molecule has 2 aromatic rings. The summed E-state index contributed by atoms with van der Waals surface area (Å²) in [6.07, 6.45) is 0.546. The van der Waals surface area contributed by atoms with E-state index in [1.807, 2.05) is 87.8 Å². The van der Waals surface area contributed by atoms with Crippen LogP contribution in [0.15, 0.2) is 76.7 Å². The Morgan fingerprint density at radius 2 is 1.27 bits per heavy atom. The van der Waals surface area contributed by atoms with E-state index in [-0.39, 0.29) is 31.6 Å². The number of hydrazine groups is 1. The number of ether oxygens (including phenoxy) is 2. The van der Waals surface area contributed by atoms with E-state index in [1.54, 1.807) is 22.1 Å². The van der Waals surface area contributed by atoms with E-state index >= 15 is 0 Å². The minimum Gasteiger partial charge on any atom is -0.412 e. The second kappa shape index (κ2) is 22.8. The number of amides is 3. The van der Waals surface area contributed by atoms with Crippen LogP contribution < -0.4 is 16.2 Å². The van der Waals surface area contributed by atoms with Crippen LogP contribution in [0.1, 0.15) is 35.6 Å². The largest absolute Gasteiger partial charge is 0.412 e. The Bertz CT molecular complexity index is 1620. The Kier molecular flexibility index (Phi) is 19.6. The van der Waals surface area contributed by atoms with E-state index in [9.17, 15) is 14.4 Å². The number of nitrogens with one attached hydrogen (secondary N) is 3. The topological polar surface area (TPSA) is 133 Å². The highest BCUT2D eigenvalue weighted by molar-refractivity contribution is 9.11. The maximum atomic E-state index is 14.8. The van der Waals surface area contributed by atoms with E-state index in [1.165, 1.54) is 0 Å². The van der Waals surface area contributed by atoms with E-state index in [0.29, 0.717) is 12.8 Å². The van der Waals surface area contributed by atoms with E-state index in [2.05, 4.69) is 73.7 Å². The lowest BCUT2D eigenvalue weighted by Gasteiger charge is -2.42. The first-order valence-electron chi connectivity index (χ1n) is 19.1. The fourth-order valence-electron chi connectivity index (χ4n) is 6.34. The fourth-order valence-corrected chi connectivity index (χ4v) is 9.92. The standard InChI is InChI=1S/C40H61Br2N3O8Si3/c1-54(2,3)51-32-28-30-21-13-14-22-31(30)34(32)43-39(47)37(49-26-16-24-41)35(52-55(4,5)6)36(53-56(7,8)9)38(50-27-17-25-42)40(48)45-44-33(46)23-15-20-29-18-11-10-12-19-29/h10-14,16-19,21-22,24-25,32,34-38H,15,20,23,26-28H2,1-9H3,(H,43,47)(H,44,46)(H,45,48)/b24-16+,25-17+/t32-,34+,35-,36-,37-,38-/m1/s1. The molecule has 11 nitrogen and oxygen atoms in total. The van der Waals surface area contributed by atoms with Gasteiger partial charge < -0.3 is 28.1 Å². The molecule has 16 heteroatoms. The second-order valence-corrected chi connectivity index (χ2v) is 31.1. The zero-order valence-corrected chi connectivity index (χ0v) is 40.4. The van der Waals surface area contributed by atoms with Crippen LogP contribution in [0.25, 0.3) is 0 Å². The molecule has 0 fully saturated rings. The van der Waals surface area contributed by atoms with Crippen LogP contribution in [0.2, 0.25) is 58.9 Å². The second-order valence-electron chi connectivity index (χ2n) is 16.7. The molecule has 3 rings (SSSR count). The maximum Gasteiger partial charge on any atom is 0.270 e. The average molecular weight is 956 g/mol. The summed E-state index contributed by atoms with van der Waals surface area (Å²) in [6, 6.07) is 17.5. The van der Waals surface area contributed by atoms with Gasteiger partial charge in [0.1, 0.15) is 12.2 Å². The highest BCUT2D eigenvalue weighted by Crippen LogP contribution is 2.35. The van der Waals surface area contributed by atoms with Gasteiger partial charge in [0.15, 0.2) is 37.2 Å². The Morgan fingerprint density at radius 1 is 0.732 bits per heavy atom. The van der Waals surface area contributed by atoms with Crippen molar-refractivity contribution in [3.05, 3.63) is 93.4 Å². The van der Waals surface area contributed by atoms with Crippen molar-refractivity contribution in [2.24, 2.45) is 0 Å². The number of fused-ring (bicyclic) bond motifs is 1. The molecule has 0 radical (unpaired) electrons. The molecule has 56 heavy (non-hydrogen) atoms. The molecule has 0 saturated carbocycles. The molecule has 0 spiro atoms. The molecule has 3 amide bonds. The van der Waals surface area contributed by atoms with Crippen molar-refractivity contribution >= 4 is 74.5 Å². The SMILES string of the molecule is C[Si](C)(C)O[C@H]([C@@H](O[Si](C)(C)C)[C@@H](OC/C=C/Br)C(=O)N[C@H]1c2ccccc2C[C@H]1O[Si](C)(C)C)[C@@H](OC/C=C/Br)C(=O)NNC(=O)CCCc1ccccc1. The van der Waals surface area contributed by atoms with Crippen LogP contribution in [0, 0.1) is 0 Å². The number of benzene rings is 2. The third-order valence-electron chi connectivity index (χ3n) is 8.36. The van der Waals surface area contributed by atoms with Crippen molar-refractivity contribution in [2.45, 2.75) is 121 Å². The van der Waals surface area contributed by atoms with Crippen molar-refractivity contribution in [3.8, 4) is 0 Å². The minimum absolute atomic E-state index is 0.0260. The lowest BCUT2D eigenvalue weighted by atomic mass is 10.0. The Hall–Kier alpha value is -2.26. The van der Waals surface area contributed by atoms with Gasteiger partial charge in [0.05, 0.1) is 25.4 Å². The van der Waals surface area contributed by atoms with Crippen LogP contribution >= 0.6 is 31.9 Å². The molecule has 1 aliphatic carbocycles. The first-order chi connectivity index (χ1) is 26.3. The molecule has 0 bridgehead atoms. The van der Waals surface area contributed by atoms with E-state index in [0.717, 1.165) is 23.1 Å². The van der Waals surface area contributed by atoms with Gasteiger partial charge in [-0.2, -0.15) is 0 Å². The average Bonchev–Trinajstić information content (AvgIpc) is 3.43. The predicted molar refractivity (Wildman–Crippen MR) is 237 cm³/mol. The molecule has 0 aromatic heterocycles. The van der Waals surface area contributed by atoms with Crippen LogP contribution in [-0.2, 0) is 50.0 Å². The number of rotatable bonds is 22. The van der Waals surface area contributed by atoms with E-state index < -0.39 is 67.2 Å². The molecule has 310 valence electrons. The zero-order valence-electron chi connectivity index (χ0n) is 34.2. The van der Waals surface area contributed by atoms with Crippen molar-refractivity contribution in [2.75, 3.05) is 13.2 Å². The highest BCUT2D eigenvalue weighted by atomic mass is 79.9. The van der Waals surface area contributed by atoms with Crippen molar-refractivity contribution < 1.29 is 37.1 Å². The normalized spacial score (nSPS) is 18.3. The smallest absolute Gasteiger partial charge is 0.270 e. The lowest BCUT2D eigenvalue weighted by molar-refractivity contribution is -0.161. The Labute approximate surface area is 353 Å². The van der Waals surface area contributed by atoms with Gasteiger partial charge in [-0.15, -0.1) is 0 Å². The number of aryl methyl sites for hydroxylation is 1. The van der Waals surface area contributed by atoms with Crippen LogP contribution in [0.5, 0.6) is 0 Å². The summed E-state index contributed by atoms with van der Waals surface area (Å²) < 4.78 is 33.0. The number of halogens is 2. The first-order valence-corrected chi connectivity index (χ1v) is 31.2. The van der Waals surface area contributed by atoms with Gasteiger partial charge in [0, 0.05) is 12.8 Å². The molecular weight excluding hydrogens is 895 g/mol. The van der Waals surface area contributed by atoms with Gasteiger partial charge in [-0.05, 0) is 98.4 Å². The van der Waals surface area contributed by atoms with Crippen molar-refractivity contribution in [1.29, 1.82) is 0 Å². The number of carbonyl (C=O) groups excluding carboxylic acids is 3. The maximum absolute atomic E-state index is 14.8. The molecule has 0 aliphatic heterocycles. The van der Waals surface area contributed by atoms with Gasteiger partial charge >= 0.3 is 0 Å². The van der Waals surface area contributed by atoms with Crippen LogP contribution in [0.4, 0.5) is 0 Å². The summed E-state index contributed by atoms with van der Waals surface area (Å²) in [7, 11) is -7.04. The van der Waals surface area contributed by atoms with Crippen molar-refractivity contribution in [1.82, 2.24) is 16.2 Å². The zero-order chi connectivity index (χ0) is 41.5. The highest BCUT2D eigenvalue weighted by Gasteiger charge is 2.48. The van der Waals surface area contributed by atoms with E-state index in [4.69, 9.17) is 22.8 Å². The van der Waals surface area contributed by atoms with Crippen LogP contribution in [-0.4, -0.2) is 86.4 Å². The third kappa shape index (κ3) is 16.9. The summed E-state index contributed by atoms with van der Waals surface area (Å²) in [5, 5.41) is 3.28. The summed E-state index contributed by atoms with van der Waals surface area (Å²) in [4.78, 5) is 45.3. The third-order valence-corrected chi connectivity index (χ3v) is 12.1. The number of hydrogen-bond acceptors (Lipinski definition) is 8. The molecule has 0 heterocycles. The molecule has 2 aromatic carbocycles. The minimum atomic E-state index is -2.51. The quantitative estimate of drug-likeness (QED) is 0.0805.